The van der Waals surface area contributed by atoms with Crippen LogP contribution in [-0.4, -0.2) is 24.8 Å². The number of benzene rings is 1. The molecule has 7 heteroatoms. The molecule has 0 saturated heterocycles. The Morgan fingerprint density at radius 1 is 1.36 bits per heavy atom. The summed E-state index contributed by atoms with van der Waals surface area (Å²) in [6.45, 7) is 7.37. The molecule has 1 heterocycles. The topological polar surface area (TPSA) is 86.5 Å². The fraction of sp³-hybridized carbons (Fsp3) is 0.600. The first-order valence-electron chi connectivity index (χ1n) is 7.20. The number of ether oxygens (including phenoxy) is 1. The molecule has 0 spiro atoms. The van der Waals surface area contributed by atoms with Crippen LogP contribution in [0, 0.1) is 24.0 Å². The number of fused-ring (bicyclic) bond motifs is 1. The van der Waals surface area contributed by atoms with Crippen molar-refractivity contribution in [2.24, 2.45) is 0 Å². The fourth-order valence-corrected chi connectivity index (χ4v) is 4.64. The van der Waals surface area contributed by atoms with Crippen LogP contribution < -0.4 is 4.74 Å². The maximum Gasteiger partial charge on any atom is 0.305 e. The Balaban J connectivity index is 2.62. The van der Waals surface area contributed by atoms with E-state index in [1.54, 1.807) is 19.9 Å². The van der Waals surface area contributed by atoms with Gasteiger partial charge >= 0.3 is 5.88 Å². The SMILES string of the molecule is Cc1cc2c(c(C)c1S(=O)(=O)C[N+](=O)[O-])CCCC(C)(C)O2. The second-order valence-electron chi connectivity index (χ2n) is 6.42. The van der Waals surface area contributed by atoms with Crippen LogP contribution in [0.4, 0.5) is 0 Å². The number of nitro groups is 1. The van der Waals surface area contributed by atoms with Crippen LogP contribution in [0.25, 0.3) is 0 Å². The molecule has 1 aliphatic rings. The summed E-state index contributed by atoms with van der Waals surface area (Å²) < 4.78 is 30.6. The summed E-state index contributed by atoms with van der Waals surface area (Å²) >= 11 is 0. The molecule has 0 N–H and O–H groups in total. The van der Waals surface area contributed by atoms with Crippen LogP contribution in [0.3, 0.4) is 0 Å². The Morgan fingerprint density at radius 3 is 2.59 bits per heavy atom. The van der Waals surface area contributed by atoms with Crippen molar-refractivity contribution in [3.8, 4) is 5.75 Å². The Hall–Kier alpha value is -1.63. The summed E-state index contributed by atoms with van der Waals surface area (Å²) in [5, 5.41) is 10.6. The first-order chi connectivity index (χ1) is 10.0. The highest BCUT2D eigenvalue weighted by molar-refractivity contribution is 7.91. The van der Waals surface area contributed by atoms with Gasteiger partial charge in [-0.1, -0.05) is 0 Å². The van der Waals surface area contributed by atoms with Gasteiger partial charge in [0.05, 0.1) is 4.90 Å². The third-order valence-corrected chi connectivity index (χ3v) is 5.78. The second kappa shape index (κ2) is 5.53. The molecule has 0 saturated carbocycles. The molecule has 0 aliphatic carbocycles. The lowest BCUT2D eigenvalue weighted by molar-refractivity contribution is -0.458. The van der Waals surface area contributed by atoms with Crippen molar-refractivity contribution in [3.05, 3.63) is 32.9 Å². The van der Waals surface area contributed by atoms with E-state index in [-0.39, 0.29) is 10.5 Å². The van der Waals surface area contributed by atoms with Gasteiger partial charge in [-0.2, -0.15) is 0 Å². The largest absolute Gasteiger partial charge is 0.488 e. The quantitative estimate of drug-likeness (QED) is 0.629. The minimum absolute atomic E-state index is 0.0752. The number of rotatable bonds is 3. The zero-order valence-electron chi connectivity index (χ0n) is 13.3. The maximum atomic E-state index is 12.3. The Morgan fingerprint density at radius 2 is 2.00 bits per heavy atom. The molecule has 6 nitrogen and oxygen atoms in total. The predicted octanol–water partition coefficient (Wildman–Crippen LogP) is 2.81. The Labute approximate surface area is 130 Å². The van der Waals surface area contributed by atoms with Gasteiger partial charge in [-0.15, -0.1) is 0 Å². The van der Waals surface area contributed by atoms with E-state index in [1.807, 2.05) is 13.8 Å². The number of nitrogens with zero attached hydrogens (tertiary/aromatic N) is 1. The first-order valence-corrected chi connectivity index (χ1v) is 8.85. The lowest BCUT2D eigenvalue weighted by atomic mass is 9.98. The van der Waals surface area contributed by atoms with Gasteiger partial charge in [0.15, 0.2) is 0 Å². The lowest BCUT2D eigenvalue weighted by Crippen LogP contribution is -2.27. The Bertz CT molecular complexity index is 722. The highest BCUT2D eigenvalue weighted by atomic mass is 32.2. The number of hydrogen-bond acceptors (Lipinski definition) is 5. The van der Waals surface area contributed by atoms with E-state index in [4.69, 9.17) is 4.74 Å². The van der Waals surface area contributed by atoms with Gasteiger partial charge < -0.3 is 4.74 Å². The molecule has 0 bridgehead atoms. The number of hydrogen-bond donors (Lipinski definition) is 0. The number of aryl methyl sites for hydroxylation is 1. The van der Waals surface area contributed by atoms with Gasteiger partial charge in [0.2, 0.25) is 9.84 Å². The minimum atomic E-state index is -3.95. The van der Waals surface area contributed by atoms with Gasteiger partial charge in [-0.05, 0) is 69.7 Å². The average Bonchev–Trinajstić information content (AvgIpc) is 2.44. The molecular weight excluding hydrogens is 306 g/mol. The van der Waals surface area contributed by atoms with Crippen LogP contribution in [0.15, 0.2) is 11.0 Å². The second-order valence-corrected chi connectivity index (χ2v) is 8.31. The van der Waals surface area contributed by atoms with Crippen molar-refractivity contribution < 1.29 is 18.1 Å². The maximum absolute atomic E-state index is 12.3. The van der Waals surface area contributed by atoms with E-state index >= 15 is 0 Å². The van der Waals surface area contributed by atoms with Crippen molar-refractivity contribution in [1.82, 2.24) is 0 Å². The molecule has 122 valence electrons. The summed E-state index contributed by atoms with van der Waals surface area (Å²) in [7, 11) is -3.95. The van der Waals surface area contributed by atoms with Crippen molar-refractivity contribution in [1.29, 1.82) is 0 Å². The molecule has 0 radical (unpaired) electrons. The van der Waals surface area contributed by atoms with E-state index in [0.717, 1.165) is 18.4 Å². The zero-order chi connectivity index (χ0) is 16.7. The smallest absolute Gasteiger partial charge is 0.305 e. The summed E-state index contributed by atoms with van der Waals surface area (Å²) in [5.74, 6) is -0.391. The lowest BCUT2D eigenvalue weighted by Gasteiger charge is -2.25. The van der Waals surface area contributed by atoms with Crippen molar-refractivity contribution >= 4 is 9.84 Å². The fourth-order valence-electron chi connectivity index (χ4n) is 3.09. The summed E-state index contributed by atoms with van der Waals surface area (Å²) in [4.78, 5) is 9.91. The van der Waals surface area contributed by atoms with E-state index < -0.39 is 20.6 Å². The molecule has 2 rings (SSSR count). The predicted molar refractivity (Wildman–Crippen MR) is 82.6 cm³/mol. The molecule has 1 aromatic rings. The highest BCUT2D eigenvalue weighted by Gasteiger charge is 2.31. The van der Waals surface area contributed by atoms with Crippen LogP contribution in [-0.2, 0) is 16.3 Å². The van der Waals surface area contributed by atoms with Gasteiger partial charge in [0.25, 0.3) is 0 Å². The van der Waals surface area contributed by atoms with Gasteiger partial charge in [0.1, 0.15) is 11.4 Å². The summed E-state index contributed by atoms with van der Waals surface area (Å²) in [5.41, 5.74) is 1.62. The minimum Gasteiger partial charge on any atom is -0.488 e. The van der Waals surface area contributed by atoms with E-state index in [0.29, 0.717) is 23.3 Å². The van der Waals surface area contributed by atoms with E-state index in [1.165, 1.54) is 0 Å². The standard InChI is InChI=1S/C15H21NO5S/c1-10-8-13-12(6-5-7-15(3,4)21-13)11(2)14(10)22(19,20)9-16(17)18/h8H,5-7,9H2,1-4H3. The molecule has 1 aliphatic heterocycles. The van der Waals surface area contributed by atoms with Crippen LogP contribution in [0.5, 0.6) is 5.75 Å². The van der Waals surface area contributed by atoms with Crippen molar-refractivity contribution in [3.63, 3.8) is 0 Å². The highest BCUT2D eigenvalue weighted by Crippen LogP contribution is 2.38. The molecule has 0 atom stereocenters. The van der Waals surface area contributed by atoms with Gasteiger partial charge in [0, 0.05) is 4.92 Å². The average molecular weight is 327 g/mol. The van der Waals surface area contributed by atoms with Crippen molar-refractivity contribution in [2.45, 2.75) is 57.5 Å². The molecule has 22 heavy (non-hydrogen) atoms. The third kappa shape index (κ3) is 3.24. The Kier molecular flexibility index (Phi) is 4.21. The third-order valence-electron chi connectivity index (χ3n) is 3.97. The van der Waals surface area contributed by atoms with E-state index in [2.05, 4.69) is 0 Å². The van der Waals surface area contributed by atoms with Crippen LogP contribution in [0.2, 0.25) is 0 Å². The van der Waals surface area contributed by atoms with E-state index in [9.17, 15) is 18.5 Å². The van der Waals surface area contributed by atoms with Crippen LogP contribution >= 0.6 is 0 Å². The monoisotopic (exact) mass is 327 g/mol. The van der Waals surface area contributed by atoms with Crippen LogP contribution in [0.1, 0.15) is 43.4 Å². The molecular formula is C15H21NO5S. The van der Waals surface area contributed by atoms with Gasteiger partial charge in [-0.3, -0.25) is 10.1 Å². The molecule has 0 fully saturated rings. The normalized spacial score (nSPS) is 17.3. The summed E-state index contributed by atoms with van der Waals surface area (Å²) in [6.07, 6.45) is 2.47. The van der Waals surface area contributed by atoms with Gasteiger partial charge in [-0.25, -0.2) is 8.42 Å². The summed E-state index contributed by atoms with van der Waals surface area (Å²) in [6, 6.07) is 1.70. The molecule has 1 aromatic carbocycles. The number of sulfone groups is 1. The van der Waals surface area contributed by atoms with Crippen molar-refractivity contribution in [2.75, 3.05) is 5.88 Å². The molecule has 0 aromatic heterocycles. The molecule has 0 amide bonds. The first kappa shape index (κ1) is 16.7. The molecule has 0 unspecified atom stereocenters. The zero-order valence-corrected chi connectivity index (χ0v) is 14.1.